The van der Waals surface area contributed by atoms with E-state index in [4.69, 9.17) is 5.73 Å². The molecule has 0 fully saturated rings. The quantitative estimate of drug-likeness (QED) is 0.712. The minimum absolute atomic E-state index is 0.223. The SMILES string of the molecule is Cc1[nH]nc(C(=O)Nc2ccccc2)c1N. The topological polar surface area (TPSA) is 83.8 Å². The number of carbonyl (C=O) groups is 1. The Labute approximate surface area is 92.7 Å². The highest BCUT2D eigenvalue weighted by atomic mass is 16.2. The van der Waals surface area contributed by atoms with Crippen LogP contribution in [-0.4, -0.2) is 16.1 Å². The average Bonchev–Trinajstić information content (AvgIpc) is 2.61. The van der Waals surface area contributed by atoms with Crippen LogP contribution in [0.15, 0.2) is 30.3 Å². The second-order valence-electron chi connectivity index (χ2n) is 3.43. The summed E-state index contributed by atoms with van der Waals surface area (Å²) in [5.41, 5.74) is 7.72. The number of nitrogens with one attached hydrogen (secondary N) is 2. The normalized spacial score (nSPS) is 10.1. The first kappa shape index (κ1) is 10.2. The monoisotopic (exact) mass is 216 g/mol. The molecule has 0 saturated heterocycles. The maximum Gasteiger partial charge on any atom is 0.278 e. The fourth-order valence-electron chi connectivity index (χ4n) is 1.32. The summed E-state index contributed by atoms with van der Waals surface area (Å²) in [7, 11) is 0. The van der Waals surface area contributed by atoms with Crippen molar-refractivity contribution in [3.63, 3.8) is 0 Å². The second-order valence-corrected chi connectivity index (χ2v) is 3.43. The number of nitrogens with two attached hydrogens (primary N) is 1. The van der Waals surface area contributed by atoms with Crippen LogP contribution >= 0.6 is 0 Å². The number of aromatic nitrogens is 2. The fraction of sp³-hybridized carbons (Fsp3) is 0.0909. The standard InChI is InChI=1S/C11H12N4O/c1-7-9(12)10(15-14-7)11(16)13-8-5-3-2-4-6-8/h2-6H,12H2,1H3,(H,13,16)(H,14,15). The number of amides is 1. The predicted molar refractivity (Wildman–Crippen MR) is 62.1 cm³/mol. The van der Waals surface area contributed by atoms with Gasteiger partial charge in [-0.15, -0.1) is 0 Å². The lowest BCUT2D eigenvalue weighted by molar-refractivity contribution is 0.102. The molecule has 0 aliphatic carbocycles. The second kappa shape index (κ2) is 4.06. The Hall–Kier alpha value is -2.30. The van der Waals surface area contributed by atoms with Gasteiger partial charge in [0.2, 0.25) is 0 Å². The van der Waals surface area contributed by atoms with E-state index >= 15 is 0 Å². The number of para-hydroxylation sites is 1. The van der Waals surface area contributed by atoms with Gasteiger partial charge in [-0.25, -0.2) is 0 Å². The molecule has 0 saturated carbocycles. The maximum absolute atomic E-state index is 11.8. The number of nitrogen functional groups attached to an aromatic ring is 1. The number of aromatic amines is 1. The number of anilines is 2. The number of H-pyrrole nitrogens is 1. The Bertz CT molecular complexity index is 504. The van der Waals surface area contributed by atoms with E-state index in [1.165, 1.54) is 0 Å². The number of hydrogen-bond acceptors (Lipinski definition) is 3. The van der Waals surface area contributed by atoms with Crippen molar-refractivity contribution in [1.82, 2.24) is 10.2 Å². The van der Waals surface area contributed by atoms with Crippen molar-refractivity contribution < 1.29 is 4.79 Å². The Balaban J connectivity index is 2.18. The number of carbonyl (C=O) groups excluding carboxylic acids is 1. The van der Waals surface area contributed by atoms with E-state index in [1.54, 1.807) is 19.1 Å². The van der Waals surface area contributed by atoms with E-state index in [1.807, 2.05) is 18.2 Å². The van der Waals surface area contributed by atoms with Crippen LogP contribution in [-0.2, 0) is 0 Å². The van der Waals surface area contributed by atoms with Crippen molar-refractivity contribution in [2.75, 3.05) is 11.1 Å². The first-order chi connectivity index (χ1) is 7.68. The van der Waals surface area contributed by atoms with Gasteiger partial charge >= 0.3 is 0 Å². The molecule has 16 heavy (non-hydrogen) atoms. The average molecular weight is 216 g/mol. The van der Waals surface area contributed by atoms with Crippen molar-refractivity contribution in [1.29, 1.82) is 0 Å². The molecule has 2 rings (SSSR count). The van der Waals surface area contributed by atoms with Crippen LogP contribution in [0.5, 0.6) is 0 Å². The molecule has 0 unspecified atom stereocenters. The van der Waals surface area contributed by atoms with Crippen LogP contribution in [0, 0.1) is 6.92 Å². The third kappa shape index (κ3) is 1.88. The summed E-state index contributed by atoms with van der Waals surface area (Å²) in [4.78, 5) is 11.8. The summed E-state index contributed by atoms with van der Waals surface area (Å²) < 4.78 is 0. The van der Waals surface area contributed by atoms with Gasteiger partial charge in [0, 0.05) is 5.69 Å². The van der Waals surface area contributed by atoms with E-state index in [0.29, 0.717) is 17.1 Å². The van der Waals surface area contributed by atoms with Crippen LogP contribution < -0.4 is 11.1 Å². The van der Waals surface area contributed by atoms with Crippen LogP contribution in [0.1, 0.15) is 16.2 Å². The van der Waals surface area contributed by atoms with Crippen molar-refractivity contribution >= 4 is 17.3 Å². The van der Waals surface area contributed by atoms with Crippen molar-refractivity contribution in [3.05, 3.63) is 41.7 Å². The molecule has 5 nitrogen and oxygen atoms in total. The minimum atomic E-state index is -0.312. The first-order valence-electron chi connectivity index (χ1n) is 4.85. The van der Waals surface area contributed by atoms with Gasteiger partial charge in [0.15, 0.2) is 5.69 Å². The Kier molecular flexibility index (Phi) is 2.59. The third-order valence-electron chi connectivity index (χ3n) is 2.24. The molecule has 0 aliphatic heterocycles. The third-order valence-corrected chi connectivity index (χ3v) is 2.24. The molecule has 0 radical (unpaired) electrons. The number of benzene rings is 1. The number of nitrogens with zero attached hydrogens (tertiary/aromatic N) is 1. The summed E-state index contributed by atoms with van der Waals surface area (Å²) in [6.07, 6.45) is 0. The minimum Gasteiger partial charge on any atom is -0.395 e. The summed E-state index contributed by atoms with van der Waals surface area (Å²) in [5.74, 6) is -0.312. The highest BCUT2D eigenvalue weighted by Gasteiger charge is 2.14. The van der Waals surface area contributed by atoms with Gasteiger partial charge in [0.05, 0.1) is 11.4 Å². The maximum atomic E-state index is 11.8. The lowest BCUT2D eigenvalue weighted by Gasteiger charge is -2.02. The van der Waals surface area contributed by atoms with E-state index in [2.05, 4.69) is 15.5 Å². The van der Waals surface area contributed by atoms with Gasteiger partial charge in [0.1, 0.15) is 0 Å². The molecule has 0 aliphatic rings. The van der Waals surface area contributed by atoms with E-state index in [0.717, 1.165) is 0 Å². The molecular formula is C11H12N4O. The van der Waals surface area contributed by atoms with Crippen LogP contribution in [0.25, 0.3) is 0 Å². The fourth-order valence-corrected chi connectivity index (χ4v) is 1.32. The van der Waals surface area contributed by atoms with Gasteiger partial charge in [-0.1, -0.05) is 18.2 Å². The Morgan fingerprint density at radius 2 is 2.06 bits per heavy atom. The zero-order valence-electron chi connectivity index (χ0n) is 8.82. The number of hydrogen-bond donors (Lipinski definition) is 3. The van der Waals surface area contributed by atoms with Gasteiger partial charge in [0.25, 0.3) is 5.91 Å². The van der Waals surface area contributed by atoms with Gasteiger partial charge in [-0.2, -0.15) is 5.10 Å². The molecule has 4 N–H and O–H groups in total. The molecule has 1 aromatic carbocycles. The molecule has 1 amide bonds. The summed E-state index contributed by atoms with van der Waals surface area (Å²) in [6.45, 7) is 1.77. The van der Waals surface area contributed by atoms with Crippen molar-refractivity contribution in [3.8, 4) is 0 Å². The largest absolute Gasteiger partial charge is 0.395 e. The molecule has 1 aromatic heterocycles. The van der Waals surface area contributed by atoms with Crippen molar-refractivity contribution in [2.45, 2.75) is 6.92 Å². The summed E-state index contributed by atoms with van der Waals surface area (Å²) in [6, 6.07) is 9.16. The molecule has 1 heterocycles. The summed E-state index contributed by atoms with van der Waals surface area (Å²) in [5, 5.41) is 9.23. The zero-order valence-corrected chi connectivity index (χ0v) is 8.82. The Morgan fingerprint density at radius 3 is 2.62 bits per heavy atom. The molecule has 2 aromatic rings. The first-order valence-corrected chi connectivity index (χ1v) is 4.85. The van der Waals surface area contributed by atoms with E-state index in [9.17, 15) is 4.79 Å². The molecule has 5 heteroatoms. The zero-order chi connectivity index (χ0) is 11.5. The smallest absolute Gasteiger partial charge is 0.278 e. The van der Waals surface area contributed by atoms with E-state index in [-0.39, 0.29) is 11.6 Å². The van der Waals surface area contributed by atoms with Gasteiger partial charge in [-0.05, 0) is 19.1 Å². The summed E-state index contributed by atoms with van der Waals surface area (Å²) >= 11 is 0. The number of rotatable bonds is 2. The van der Waals surface area contributed by atoms with Gasteiger partial charge in [-0.3, -0.25) is 9.89 Å². The van der Waals surface area contributed by atoms with Gasteiger partial charge < -0.3 is 11.1 Å². The molecule has 0 spiro atoms. The van der Waals surface area contributed by atoms with E-state index < -0.39 is 0 Å². The molecule has 0 bridgehead atoms. The van der Waals surface area contributed by atoms with Crippen LogP contribution in [0.4, 0.5) is 11.4 Å². The predicted octanol–water partition coefficient (Wildman–Crippen LogP) is 1.55. The molecule has 0 atom stereocenters. The lowest BCUT2D eigenvalue weighted by atomic mass is 10.2. The molecular weight excluding hydrogens is 204 g/mol. The van der Waals surface area contributed by atoms with Crippen LogP contribution in [0.3, 0.4) is 0 Å². The highest BCUT2D eigenvalue weighted by molar-refractivity contribution is 6.06. The van der Waals surface area contributed by atoms with Crippen LogP contribution in [0.2, 0.25) is 0 Å². The van der Waals surface area contributed by atoms with Crippen molar-refractivity contribution in [2.24, 2.45) is 0 Å². The lowest BCUT2D eigenvalue weighted by Crippen LogP contribution is -2.14. The molecule has 82 valence electrons. The Morgan fingerprint density at radius 1 is 1.38 bits per heavy atom. The number of aryl methyl sites for hydroxylation is 1. The highest BCUT2D eigenvalue weighted by Crippen LogP contribution is 2.14.